The number of carbonyl (C=O) groups excluding carboxylic acids is 1. The zero-order valence-corrected chi connectivity index (χ0v) is 12.4. The van der Waals surface area contributed by atoms with E-state index in [1.165, 1.54) is 6.39 Å². The van der Waals surface area contributed by atoms with Crippen LogP contribution in [0.2, 0.25) is 0 Å². The Labute approximate surface area is 128 Å². The molecule has 2 heterocycles. The number of carbonyl (C=O) groups is 1. The molecule has 2 aromatic heterocycles. The van der Waals surface area contributed by atoms with Gasteiger partial charge in [0.2, 0.25) is 5.76 Å². The van der Waals surface area contributed by atoms with Crippen LogP contribution in [0.3, 0.4) is 0 Å². The second-order valence-electron chi connectivity index (χ2n) is 4.91. The average molecular weight is 296 g/mol. The van der Waals surface area contributed by atoms with E-state index in [0.29, 0.717) is 11.5 Å². The maximum atomic E-state index is 12.5. The minimum Gasteiger partial charge on any atom is -0.458 e. The summed E-state index contributed by atoms with van der Waals surface area (Å²) in [4.78, 5) is 16.5. The maximum absolute atomic E-state index is 12.5. The number of aryl methyl sites for hydroxylation is 2. The molecule has 0 spiro atoms. The molecule has 0 atom stereocenters. The Bertz CT molecular complexity index is 802. The van der Waals surface area contributed by atoms with Crippen LogP contribution in [0.5, 0.6) is 0 Å². The predicted molar refractivity (Wildman–Crippen MR) is 82.7 cm³/mol. The van der Waals surface area contributed by atoms with Crippen molar-refractivity contribution >= 4 is 11.6 Å². The third-order valence-corrected chi connectivity index (χ3v) is 3.39. The molecule has 112 valence electrons. The number of hydrogen-bond donors (Lipinski definition) is 1. The molecular formula is C17H16N2O3. The lowest BCUT2D eigenvalue weighted by molar-refractivity contribution is 0.102. The van der Waals surface area contributed by atoms with Gasteiger partial charge < -0.3 is 14.2 Å². The highest BCUT2D eigenvalue weighted by molar-refractivity contribution is 6.06. The molecule has 0 saturated heterocycles. The number of anilines is 1. The number of benzene rings is 1. The highest BCUT2D eigenvalue weighted by Gasteiger charge is 2.21. The SMILES string of the molecule is CCc1ccccc1NC(=O)c1ncoc1-c1ccc(C)o1. The van der Waals surface area contributed by atoms with Crippen molar-refractivity contribution in [1.82, 2.24) is 4.98 Å². The zero-order valence-electron chi connectivity index (χ0n) is 12.4. The molecule has 3 rings (SSSR count). The Balaban J connectivity index is 1.89. The molecule has 5 heteroatoms. The lowest BCUT2D eigenvalue weighted by atomic mass is 10.1. The molecule has 1 aromatic carbocycles. The maximum Gasteiger partial charge on any atom is 0.278 e. The van der Waals surface area contributed by atoms with Gasteiger partial charge in [-0.2, -0.15) is 0 Å². The summed E-state index contributed by atoms with van der Waals surface area (Å²) in [6, 6.07) is 11.2. The van der Waals surface area contributed by atoms with Crippen molar-refractivity contribution in [3.63, 3.8) is 0 Å². The van der Waals surface area contributed by atoms with E-state index >= 15 is 0 Å². The van der Waals surface area contributed by atoms with Crippen LogP contribution in [0.4, 0.5) is 5.69 Å². The zero-order chi connectivity index (χ0) is 15.5. The number of aromatic nitrogens is 1. The largest absolute Gasteiger partial charge is 0.458 e. The first kappa shape index (κ1) is 14.1. The summed E-state index contributed by atoms with van der Waals surface area (Å²) < 4.78 is 10.8. The number of oxazole rings is 1. The highest BCUT2D eigenvalue weighted by Crippen LogP contribution is 2.26. The third kappa shape index (κ3) is 2.65. The Kier molecular flexibility index (Phi) is 3.78. The summed E-state index contributed by atoms with van der Waals surface area (Å²) in [5, 5.41) is 2.88. The van der Waals surface area contributed by atoms with E-state index in [2.05, 4.69) is 10.3 Å². The molecule has 0 fully saturated rings. The van der Waals surface area contributed by atoms with Gasteiger partial charge in [0.15, 0.2) is 17.8 Å². The first-order valence-corrected chi connectivity index (χ1v) is 7.08. The molecule has 1 amide bonds. The van der Waals surface area contributed by atoms with Crippen LogP contribution in [-0.4, -0.2) is 10.9 Å². The molecule has 22 heavy (non-hydrogen) atoms. The van der Waals surface area contributed by atoms with Crippen molar-refractivity contribution in [3.05, 3.63) is 59.8 Å². The van der Waals surface area contributed by atoms with Gasteiger partial charge in [-0.1, -0.05) is 25.1 Å². The van der Waals surface area contributed by atoms with Crippen LogP contribution in [0.1, 0.15) is 28.7 Å². The van der Waals surface area contributed by atoms with Crippen molar-refractivity contribution in [2.24, 2.45) is 0 Å². The van der Waals surface area contributed by atoms with Crippen molar-refractivity contribution in [3.8, 4) is 11.5 Å². The summed E-state index contributed by atoms with van der Waals surface area (Å²) in [6.07, 6.45) is 2.08. The molecular weight excluding hydrogens is 280 g/mol. The van der Waals surface area contributed by atoms with Gasteiger partial charge in [-0.3, -0.25) is 4.79 Å². The molecule has 0 aliphatic heterocycles. The normalized spacial score (nSPS) is 10.6. The van der Waals surface area contributed by atoms with Crippen molar-refractivity contribution < 1.29 is 13.6 Å². The number of hydrogen-bond acceptors (Lipinski definition) is 4. The number of nitrogens with zero attached hydrogens (tertiary/aromatic N) is 1. The second-order valence-corrected chi connectivity index (χ2v) is 4.91. The standard InChI is InChI=1S/C17H16N2O3/c1-3-12-6-4-5-7-13(12)19-17(20)15-16(21-10-18-15)14-9-8-11(2)22-14/h4-10H,3H2,1-2H3,(H,19,20). The van der Waals surface area contributed by atoms with Gasteiger partial charge in [-0.25, -0.2) is 4.98 Å². The van der Waals surface area contributed by atoms with Crippen molar-refractivity contribution in [2.45, 2.75) is 20.3 Å². The van der Waals surface area contributed by atoms with Crippen LogP contribution in [0, 0.1) is 6.92 Å². The monoisotopic (exact) mass is 296 g/mol. The van der Waals surface area contributed by atoms with Crippen molar-refractivity contribution in [2.75, 3.05) is 5.32 Å². The van der Waals surface area contributed by atoms with E-state index in [0.717, 1.165) is 23.4 Å². The lowest BCUT2D eigenvalue weighted by Gasteiger charge is -2.08. The molecule has 0 aliphatic rings. The fraction of sp³-hybridized carbons (Fsp3) is 0.176. The lowest BCUT2D eigenvalue weighted by Crippen LogP contribution is -2.14. The second kappa shape index (κ2) is 5.89. The molecule has 0 saturated carbocycles. The van der Waals surface area contributed by atoms with Gasteiger partial charge >= 0.3 is 0 Å². The Morgan fingerprint density at radius 3 is 2.77 bits per heavy atom. The molecule has 0 unspecified atom stereocenters. The summed E-state index contributed by atoms with van der Waals surface area (Å²) in [7, 11) is 0. The molecule has 0 aliphatic carbocycles. The number of para-hydroxylation sites is 1. The Morgan fingerprint density at radius 2 is 2.05 bits per heavy atom. The van der Waals surface area contributed by atoms with E-state index < -0.39 is 0 Å². The van der Waals surface area contributed by atoms with Gasteiger partial charge in [-0.05, 0) is 37.1 Å². The number of nitrogens with one attached hydrogen (secondary N) is 1. The van der Waals surface area contributed by atoms with E-state index in [4.69, 9.17) is 8.83 Å². The first-order valence-electron chi connectivity index (χ1n) is 7.08. The van der Waals surface area contributed by atoms with E-state index in [-0.39, 0.29) is 11.6 Å². The minimum absolute atomic E-state index is 0.209. The number of furan rings is 1. The van der Waals surface area contributed by atoms with E-state index in [1.54, 1.807) is 6.07 Å². The number of amides is 1. The van der Waals surface area contributed by atoms with E-state index in [1.807, 2.05) is 44.2 Å². The molecule has 0 radical (unpaired) electrons. The van der Waals surface area contributed by atoms with Crippen LogP contribution in [0.15, 0.2) is 51.6 Å². The Morgan fingerprint density at radius 1 is 1.23 bits per heavy atom. The smallest absolute Gasteiger partial charge is 0.278 e. The van der Waals surface area contributed by atoms with Crippen LogP contribution >= 0.6 is 0 Å². The summed E-state index contributed by atoms with van der Waals surface area (Å²) >= 11 is 0. The molecule has 5 nitrogen and oxygen atoms in total. The van der Waals surface area contributed by atoms with Gasteiger partial charge in [-0.15, -0.1) is 0 Å². The predicted octanol–water partition coefficient (Wildman–Crippen LogP) is 4.06. The highest BCUT2D eigenvalue weighted by atomic mass is 16.4. The number of rotatable bonds is 4. The first-order chi connectivity index (χ1) is 10.7. The summed E-state index contributed by atoms with van der Waals surface area (Å²) in [5.41, 5.74) is 2.05. The van der Waals surface area contributed by atoms with Gasteiger partial charge in [0.25, 0.3) is 5.91 Å². The third-order valence-electron chi connectivity index (χ3n) is 3.39. The average Bonchev–Trinajstić information content (AvgIpc) is 3.16. The minimum atomic E-state index is -0.321. The summed E-state index contributed by atoms with van der Waals surface area (Å²) in [6.45, 7) is 3.87. The topological polar surface area (TPSA) is 68.3 Å². The Hall–Kier alpha value is -2.82. The van der Waals surface area contributed by atoms with E-state index in [9.17, 15) is 4.79 Å². The quantitative estimate of drug-likeness (QED) is 0.788. The van der Waals surface area contributed by atoms with Crippen LogP contribution in [-0.2, 0) is 6.42 Å². The van der Waals surface area contributed by atoms with Gasteiger partial charge in [0, 0.05) is 5.69 Å². The van der Waals surface area contributed by atoms with Crippen LogP contribution < -0.4 is 5.32 Å². The summed E-state index contributed by atoms with van der Waals surface area (Å²) in [5.74, 6) is 1.25. The van der Waals surface area contributed by atoms with Crippen molar-refractivity contribution in [1.29, 1.82) is 0 Å². The molecule has 1 N–H and O–H groups in total. The fourth-order valence-electron chi connectivity index (χ4n) is 2.27. The molecule has 3 aromatic rings. The molecule has 0 bridgehead atoms. The van der Waals surface area contributed by atoms with Crippen LogP contribution in [0.25, 0.3) is 11.5 Å². The van der Waals surface area contributed by atoms with Gasteiger partial charge in [0.1, 0.15) is 5.76 Å². The fourth-order valence-corrected chi connectivity index (χ4v) is 2.27. The van der Waals surface area contributed by atoms with Gasteiger partial charge in [0.05, 0.1) is 0 Å².